The third kappa shape index (κ3) is 5.74. The zero-order valence-electron chi connectivity index (χ0n) is 33.2. The van der Waals surface area contributed by atoms with E-state index in [0.29, 0.717) is 0 Å². The summed E-state index contributed by atoms with van der Waals surface area (Å²) in [4.78, 5) is 2.35. The standard InChI is InChI=1S/C58H38N2O/c1-4-16-39(17-5-1)40-30-32-43(33-31-40)59(53-28-12-10-22-45(53)41-18-6-2-7-19-41)44-34-35-52-56(38-44)61-55-37-36-47-46(24-14-25-49(47)57(52)55)50-26-15-27-51-48-23-11-13-29-54(48)60(58(50)51)42-20-8-3-9-21-42/h1-38H. The number of rotatable bonds is 7. The van der Waals surface area contributed by atoms with Crippen LogP contribution in [0, 0.1) is 0 Å². The number of para-hydroxylation sites is 4. The molecule has 0 N–H and O–H groups in total. The molecule has 0 unspecified atom stereocenters. The van der Waals surface area contributed by atoms with Crippen LogP contribution in [0.25, 0.3) is 93.6 Å². The second kappa shape index (κ2) is 14.3. The Hall–Kier alpha value is -8.14. The van der Waals surface area contributed by atoms with Crippen molar-refractivity contribution in [3.8, 4) is 39.1 Å². The predicted octanol–water partition coefficient (Wildman–Crippen LogP) is 16.3. The first-order chi connectivity index (χ1) is 30.3. The van der Waals surface area contributed by atoms with Crippen molar-refractivity contribution in [1.29, 1.82) is 0 Å². The zero-order chi connectivity index (χ0) is 40.3. The van der Waals surface area contributed by atoms with Crippen molar-refractivity contribution < 1.29 is 4.42 Å². The number of nitrogens with zero attached hydrogens (tertiary/aromatic N) is 2. The van der Waals surface area contributed by atoms with Gasteiger partial charge in [-0.15, -0.1) is 0 Å². The van der Waals surface area contributed by atoms with Gasteiger partial charge < -0.3 is 13.9 Å². The molecular formula is C58H38N2O. The number of hydrogen-bond donors (Lipinski definition) is 0. The summed E-state index contributed by atoms with van der Waals surface area (Å²) in [6, 6.07) is 82.7. The smallest absolute Gasteiger partial charge is 0.137 e. The first-order valence-electron chi connectivity index (χ1n) is 20.8. The molecule has 0 spiro atoms. The molecule has 12 aromatic rings. The van der Waals surface area contributed by atoms with Crippen LogP contribution in [0.15, 0.2) is 235 Å². The van der Waals surface area contributed by atoms with Gasteiger partial charge in [0.25, 0.3) is 0 Å². The third-order valence-corrected chi connectivity index (χ3v) is 12.2. The fourth-order valence-corrected chi connectivity index (χ4v) is 9.47. The summed E-state index contributed by atoms with van der Waals surface area (Å²) in [7, 11) is 0. The van der Waals surface area contributed by atoms with Crippen molar-refractivity contribution in [3.63, 3.8) is 0 Å². The molecule has 3 nitrogen and oxygen atoms in total. The maximum Gasteiger partial charge on any atom is 0.137 e. The quantitative estimate of drug-likeness (QED) is 0.161. The zero-order valence-corrected chi connectivity index (χ0v) is 33.2. The Morgan fingerprint density at radius 3 is 1.74 bits per heavy atom. The van der Waals surface area contributed by atoms with E-state index in [9.17, 15) is 0 Å². The van der Waals surface area contributed by atoms with Gasteiger partial charge in [-0.1, -0.05) is 170 Å². The molecule has 0 fully saturated rings. The van der Waals surface area contributed by atoms with Crippen molar-refractivity contribution >= 4 is 71.6 Å². The van der Waals surface area contributed by atoms with Crippen molar-refractivity contribution in [2.24, 2.45) is 0 Å². The van der Waals surface area contributed by atoms with Gasteiger partial charge in [0.2, 0.25) is 0 Å². The van der Waals surface area contributed by atoms with Gasteiger partial charge in [0.05, 0.1) is 16.7 Å². The lowest BCUT2D eigenvalue weighted by molar-refractivity contribution is 0.669. The Balaban J connectivity index is 1.04. The molecule has 2 heterocycles. The fourth-order valence-electron chi connectivity index (χ4n) is 9.47. The van der Waals surface area contributed by atoms with Crippen LogP contribution in [0.4, 0.5) is 17.1 Å². The van der Waals surface area contributed by atoms with Crippen LogP contribution >= 0.6 is 0 Å². The molecule has 0 atom stereocenters. The largest absolute Gasteiger partial charge is 0.456 e. The average molecular weight is 779 g/mol. The summed E-state index contributed by atoms with van der Waals surface area (Å²) in [6.07, 6.45) is 0. The van der Waals surface area contributed by atoms with Gasteiger partial charge in [-0.2, -0.15) is 0 Å². The van der Waals surface area contributed by atoms with Gasteiger partial charge in [-0.05, 0) is 87.6 Å². The Labute approximate surface area is 353 Å². The molecule has 12 rings (SSSR count). The van der Waals surface area contributed by atoms with Gasteiger partial charge in [-0.25, -0.2) is 0 Å². The van der Waals surface area contributed by atoms with E-state index >= 15 is 0 Å². The lowest BCUT2D eigenvalue weighted by Gasteiger charge is -2.28. The van der Waals surface area contributed by atoms with Crippen LogP contribution in [-0.4, -0.2) is 4.57 Å². The van der Waals surface area contributed by atoms with Crippen LogP contribution in [0.3, 0.4) is 0 Å². The minimum atomic E-state index is 0.847. The van der Waals surface area contributed by atoms with Gasteiger partial charge in [0, 0.05) is 55.8 Å². The van der Waals surface area contributed by atoms with E-state index in [-0.39, 0.29) is 0 Å². The molecule has 0 aliphatic heterocycles. The number of hydrogen-bond acceptors (Lipinski definition) is 2. The lowest BCUT2D eigenvalue weighted by atomic mass is 9.94. The second-order valence-electron chi connectivity index (χ2n) is 15.6. The number of anilines is 3. The van der Waals surface area contributed by atoms with E-state index in [1.165, 1.54) is 54.8 Å². The Kier molecular flexibility index (Phi) is 8.17. The van der Waals surface area contributed by atoms with Crippen LogP contribution in [0.1, 0.15) is 0 Å². The molecule has 0 bridgehead atoms. The fraction of sp³-hybridized carbons (Fsp3) is 0. The molecule has 0 amide bonds. The maximum atomic E-state index is 6.82. The number of fused-ring (bicyclic) bond motifs is 8. The van der Waals surface area contributed by atoms with Crippen molar-refractivity contribution in [1.82, 2.24) is 4.57 Å². The molecule has 0 aliphatic carbocycles. The van der Waals surface area contributed by atoms with E-state index in [1.807, 2.05) is 0 Å². The SMILES string of the molecule is c1ccc(-c2ccc(N(c3ccc4c(c3)oc3ccc5c(-c6cccc7c8ccccc8n(-c8ccccc8)c67)cccc5c34)c3ccccc3-c3ccccc3)cc2)cc1. The number of benzene rings is 10. The number of furan rings is 1. The molecule has 2 aromatic heterocycles. The first-order valence-corrected chi connectivity index (χ1v) is 20.8. The highest BCUT2D eigenvalue weighted by molar-refractivity contribution is 6.23. The molecule has 0 saturated carbocycles. The molecule has 3 heteroatoms. The minimum Gasteiger partial charge on any atom is -0.456 e. The van der Waals surface area contributed by atoms with Crippen molar-refractivity contribution in [2.45, 2.75) is 0 Å². The molecular weight excluding hydrogens is 741 g/mol. The van der Waals surface area contributed by atoms with Crippen LogP contribution in [0.2, 0.25) is 0 Å². The highest BCUT2D eigenvalue weighted by Gasteiger charge is 2.22. The lowest BCUT2D eigenvalue weighted by Crippen LogP contribution is -2.11. The second-order valence-corrected chi connectivity index (χ2v) is 15.6. The normalized spacial score (nSPS) is 11.6. The molecule has 0 saturated heterocycles. The van der Waals surface area contributed by atoms with Crippen LogP contribution in [-0.2, 0) is 0 Å². The van der Waals surface area contributed by atoms with E-state index in [2.05, 4.69) is 240 Å². The molecule has 0 aliphatic rings. The summed E-state index contributed by atoms with van der Waals surface area (Å²) in [5.74, 6) is 0. The average Bonchev–Trinajstić information content (AvgIpc) is 3.89. The van der Waals surface area contributed by atoms with Crippen molar-refractivity contribution in [2.75, 3.05) is 4.90 Å². The maximum absolute atomic E-state index is 6.82. The van der Waals surface area contributed by atoms with Gasteiger partial charge in [0.15, 0.2) is 0 Å². The monoisotopic (exact) mass is 778 g/mol. The summed E-state index contributed by atoms with van der Waals surface area (Å²) >= 11 is 0. The topological polar surface area (TPSA) is 21.3 Å². The van der Waals surface area contributed by atoms with E-state index in [4.69, 9.17) is 4.42 Å². The van der Waals surface area contributed by atoms with Crippen molar-refractivity contribution in [3.05, 3.63) is 231 Å². The summed E-state index contributed by atoms with van der Waals surface area (Å²) in [5, 5.41) is 7.06. The van der Waals surface area contributed by atoms with Crippen LogP contribution in [0.5, 0.6) is 0 Å². The molecule has 0 radical (unpaired) electrons. The Morgan fingerprint density at radius 2 is 0.934 bits per heavy atom. The highest BCUT2D eigenvalue weighted by atomic mass is 16.3. The summed E-state index contributed by atoms with van der Waals surface area (Å²) < 4.78 is 9.24. The third-order valence-electron chi connectivity index (χ3n) is 12.2. The minimum absolute atomic E-state index is 0.847. The van der Waals surface area contributed by atoms with Gasteiger partial charge in [0.1, 0.15) is 11.2 Å². The summed E-state index contributed by atoms with van der Waals surface area (Å²) in [5.41, 5.74) is 15.5. The Morgan fingerprint density at radius 1 is 0.344 bits per heavy atom. The Bertz CT molecular complexity index is 3570. The van der Waals surface area contributed by atoms with E-state index in [0.717, 1.165) is 55.8 Å². The van der Waals surface area contributed by atoms with Crippen LogP contribution < -0.4 is 4.90 Å². The number of aromatic nitrogens is 1. The predicted molar refractivity (Wildman–Crippen MR) is 257 cm³/mol. The highest BCUT2D eigenvalue weighted by Crippen LogP contribution is 2.46. The molecule has 10 aromatic carbocycles. The summed E-state index contributed by atoms with van der Waals surface area (Å²) in [6.45, 7) is 0. The molecule has 61 heavy (non-hydrogen) atoms. The molecule has 286 valence electrons. The van der Waals surface area contributed by atoms with Gasteiger partial charge in [-0.3, -0.25) is 0 Å². The van der Waals surface area contributed by atoms with E-state index < -0.39 is 0 Å². The first kappa shape index (κ1) is 34.9. The van der Waals surface area contributed by atoms with Gasteiger partial charge >= 0.3 is 0 Å². The van der Waals surface area contributed by atoms with E-state index in [1.54, 1.807) is 0 Å².